The molecule has 0 saturated heterocycles. The summed E-state index contributed by atoms with van der Waals surface area (Å²) >= 11 is 18.8. The third kappa shape index (κ3) is 5.70. The molecule has 0 aliphatic heterocycles. The lowest BCUT2D eigenvalue weighted by atomic mass is 10.2. The number of carbonyl (C=O) groups excluding carboxylic acids is 1. The number of nitrogens with one attached hydrogen (secondary N) is 2. The van der Waals surface area contributed by atoms with Gasteiger partial charge in [-0.05, 0) is 36.0 Å². The number of hydrogen-bond acceptors (Lipinski definition) is 5. The highest BCUT2D eigenvalue weighted by atomic mass is 35.5. The third-order valence-corrected chi connectivity index (χ3v) is 5.60. The molecule has 1 amide bonds. The lowest BCUT2D eigenvalue weighted by molar-refractivity contribution is 0.0977. The number of nitrogens with zero attached hydrogens (tertiary/aromatic N) is 3. The average Bonchev–Trinajstić information content (AvgIpc) is 3.10. The molecule has 0 spiro atoms. The summed E-state index contributed by atoms with van der Waals surface area (Å²) in [5.41, 5.74) is 4.38. The summed E-state index contributed by atoms with van der Waals surface area (Å²) in [7, 11) is 0. The van der Waals surface area contributed by atoms with Crippen molar-refractivity contribution in [3.05, 3.63) is 75.5 Å². The van der Waals surface area contributed by atoms with E-state index in [-0.39, 0.29) is 15.7 Å². The zero-order valence-corrected chi connectivity index (χ0v) is 18.5. The maximum Gasteiger partial charge on any atom is 0.259 e. The lowest BCUT2D eigenvalue weighted by Crippen LogP contribution is -2.39. The molecule has 150 valence electrons. The zero-order chi connectivity index (χ0) is 20.8. The van der Waals surface area contributed by atoms with Crippen molar-refractivity contribution in [1.82, 2.24) is 20.2 Å². The molecule has 0 fully saturated rings. The monoisotopic (exact) mass is 465 g/mol. The first-order valence-corrected chi connectivity index (χ1v) is 10.8. The second-order valence-corrected chi connectivity index (χ2v) is 8.08. The molecule has 0 radical (unpaired) electrons. The van der Waals surface area contributed by atoms with Gasteiger partial charge in [0.15, 0.2) is 10.9 Å². The van der Waals surface area contributed by atoms with Gasteiger partial charge >= 0.3 is 0 Å². The fraction of sp³-hybridized carbons (Fsp3) is 0.158. The van der Waals surface area contributed by atoms with E-state index in [0.717, 1.165) is 11.3 Å². The first-order chi connectivity index (χ1) is 14.0. The number of halogens is 2. The van der Waals surface area contributed by atoms with Crippen molar-refractivity contribution in [1.29, 1.82) is 0 Å². The van der Waals surface area contributed by atoms with Crippen molar-refractivity contribution in [2.75, 3.05) is 5.43 Å². The lowest BCUT2D eigenvalue weighted by Gasteiger charge is -2.14. The predicted molar refractivity (Wildman–Crippen MR) is 121 cm³/mol. The summed E-state index contributed by atoms with van der Waals surface area (Å²) in [6, 6.07) is 14.7. The molecule has 3 aromatic rings. The number of thioether (sulfide) groups is 1. The summed E-state index contributed by atoms with van der Waals surface area (Å²) in [6.07, 6.45) is 0.641. The van der Waals surface area contributed by atoms with Crippen molar-refractivity contribution >= 4 is 58.2 Å². The van der Waals surface area contributed by atoms with Crippen LogP contribution in [-0.2, 0) is 12.2 Å². The van der Waals surface area contributed by atoms with Crippen LogP contribution in [0.15, 0.2) is 53.7 Å². The molecule has 2 N–H and O–H groups in total. The molecule has 10 heteroatoms. The summed E-state index contributed by atoms with van der Waals surface area (Å²) in [5, 5.41) is 12.4. The Kier molecular flexibility index (Phi) is 7.49. The van der Waals surface area contributed by atoms with Crippen LogP contribution in [0.2, 0.25) is 10.0 Å². The van der Waals surface area contributed by atoms with E-state index in [1.807, 2.05) is 37.3 Å². The van der Waals surface area contributed by atoms with Gasteiger partial charge in [-0.25, -0.2) is 4.68 Å². The maximum atomic E-state index is 12.5. The molecule has 1 aromatic heterocycles. The Morgan fingerprint density at radius 1 is 1.17 bits per heavy atom. The molecular weight excluding hydrogens is 449 g/mol. The van der Waals surface area contributed by atoms with Gasteiger partial charge in [-0.2, -0.15) is 0 Å². The van der Waals surface area contributed by atoms with Crippen LogP contribution in [0.4, 0.5) is 0 Å². The van der Waals surface area contributed by atoms with Gasteiger partial charge in [-0.1, -0.05) is 72.2 Å². The molecule has 0 atom stereocenters. The van der Waals surface area contributed by atoms with Gasteiger partial charge in [0.05, 0.1) is 10.6 Å². The van der Waals surface area contributed by atoms with E-state index in [1.165, 1.54) is 17.8 Å². The van der Waals surface area contributed by atoms with Gasteiger partial charge in [-0.15, -0.1) is 10.2 Å². The Hall–Kier alpha value is -2.13. The van der Waals surface area contributed by atoms with E-state index in [9.17, 15) is 4.79 Å². The number of hydrogen-bond donors (Lipinski definition) is 2. The maximum absolute atomic E-state index is 12.5. The second kappa shape index (κ2) is 10.1. The van der Waals surface area contributed by atoms with E-state index >= 15 is 0 Å². The fourth-order valence-electron chi connectivity index (χ4n) is 2.43. The first-order valence-electron chi connectivity index (χ1n) is 8.66. The predicted octanol–water partition coefficient (Wildman–Crippen LogP) is 4.70. The third-order valence-electron chi connectivity index (χ3n) is 3.84. The summed E-state index contributed by atoms with van der Waals surface area (Å²) in [4.78, 5) is 12.5. The van der Waals surface area contributed by atoms with Crippen LogP contribution in [0.5, 0.6) is 0 Å². The molecule has 1 heterocycles. The molecule has 0 aliphatic carbocycles. The van der Waals surface area contributed by atoms with Crippen molar-refractivity contribution in [2.24, 2.45) is 0 Å². The molecule has 0 bridgehead atoms. The molecule has 6 nitrogen and oxygen atoms in total. The average molecular weight is 466 g/mol. The normalized spacial score (nSPS) is 10.6. The quantitative estimate of drug-likeness (QED) is 0.406. The Morgan fingerprint density at radius 3 is 2.66 bits per heavy atom. The molecule has 29 heavy (non-hydrogen) atoms. The highest BCUT2D eigenvalue weighted by Gasteiger charge is 2.16. The molecule has 0 unspecified atom stereocenters. The van der Waals surface area contributed by atoms with Gasteiger partial charge in [0.25, 0.3) is 5.91 Å². The second-order valence-electron chi connectivity index (χ2n) is 5.88. The van der Waals surface area contributed by atoms with Crippen LogP contribution in [0.3, 0.4) is 0 Å². The van der Waals surface area contributed by atoms with Gasteiger partial charge in [0.1, 0.15) is 0 Å². The van der Waals surface area contributed by atoms with Crippen molar-refractivity contribution in [2.45, 2.75) is 24.3 Å². The molecule has 3 rings (SSSR count). The van der Waals surface area contributed by atoms with Crippen LogP contribution in [0, 0.1) is 0 Å². The molecule has 0 saturated carbocycles. The molecule has 0 aliphatic rings. The van der Waals surface area contributed by atoms with Gasteiger partial charge < -0.3 is 0 Å². The minimum absolute atomic E-state index is 0.0992. The smallest absolute Gasteiger partial charge is 0.259 e. The largest absolute Gasteiger partial charge is 0.298 e. The van der Waals surface area contributed by atoms with Gasteiger partial charge in [0, 0.05) is 17.2 Å². The Balaban J connectivity index is 1.70. The van der Waals surface area contributed by atoms with E-state index in [1.54, 1.807) is 16.8 Å². The Labute approximate surface area is 188 Å². The Morgan fingerprint density at radius 2 is 1.93 bits per heavy atom. The highest BCUT2D eigenvalue weighted by Crippen LogP contribution is 2.22. The highest BCUT2D eigenvalue weighted by molar-refractivity contribution is 7.98. The number of amides is 1. The van der Waals surface area contributed by atoms with Crippen molar-refractivity contribution < 1.29 is 4.79 Å². The number of benzene rings is 2. The van der Waals surface area contributed by atoms with E-state index in [0.29, 0.717) is 22.4 Å². The topological polar surface area (TPSA) is 71.8 Å². The minimum atomic E-state index is -0.459. The number of aryl methyl sites for hydroxylation is 1. The van der Waals surface area contributed by atoms with Crippen molar-refractivity contribution in [3.63, 3.8) is 0 Å². The number of thiocarbonyl (C=S) groups is 1. The van der Waals surface area contributed by atoms with E-state index in [4.69, 9.17) is 35.4 Å². The van der Waals surface area contributed by atoms with Crippen LogP contribution < -0.4 is 10.7 Å². The number of aromatic nitrogens is 3. The van der Waals surface area contributed by atoms with Crippen LogP contribution in [0.25, 0.3) is 0 Å². The minimum Gasteiger partial charge on any atom is -0.298 e. The fourth-order valence-corrected chi connectivity index (χ4v) is 3.85. The van der Waals surface area contributed by atoms with Gasteiger partial charge in [0.2, 0.25) is 5.16 Å². The van der Waals surface area contributed by atoms with E-state index in [2.05, 4.69) is 20.9 Å². The molecule has 2 aromatic carbocycles. The van der Waals surface area contributed by atoms with Crippen LogP contribution >= 0.6 is 47.2 Å². The Bertz CT molecular complexity index is 1030. The SMILES string of the molecule is CCc1nnc(SCc2ccccc2)n1NC(=S)NC(=O)c1cc(Cl)ccc1Cl. The number of carbonyl (C=O) groups is 1. The van der Waals surface area contributed by atoms with Gasteiger partial charge in [-0.3, -0.25) is 15.5 Å². The standard InChI is InChI=1S/C19H17Cl2N5OS2/c1-2-16-23-24-19(29-11-12-6-4-3-5-7-12)26(16)25-18(28)22-17(27)14-10-13(20)8-9-15(14)21/h3-10H,2,11H2,1H3,(H2,22,25,27,28). The zero-order valence-electron chi connectivity index (χ0n) is 15.4. The first kappa shape index (κ1) is 21.6. The molecular formula is C19H17Cl2N5OS2. The summed E-state index contributed by atoms with van der Waals surface area (Å²) in [6.45, 7) is 1.96. The van der Waals surface area contributed by atoms with E-state index < -0.39 is 5.91 Å². The number of rotatable bonds is 6. The summed E-state index contributed by atoms with van der Waals surface area (Å²) < 4.78 is 1.68. The summed E-state index contributed by atoms with van der Waals surface area (Å²) in [5.74, 6) is 0.958. The van der Waals surface area contributed by atoms with Crippen LogP contribution in [0.1, 0.15) is 28.7 Å². The van der Waals surface area contributed by atoms with Crippen molar-refractivity contribution in [3.8, 4) is 0 Å². The van der Waals surface area contributed by atoms with Crippen LogP contribution in [-0.4, -0.2) is 25.9 Å².